The molecule has 1 aromatic carbocycles. The first kappa shape index (κ1) is 35.3. The first-order chi connectivity index (χ1) is 20.0. The number of amides is 2. The van der Waals surface area contributed by atoms with Crippen LogP contribution in [0.3, 0.4) is 0 Å². The van der Waals surface area contributed by atoms with E-state index in [1.807, 2.05) is 26.8 Å². The second kappa shape index (κ2) is 17.2. The maximum atomic E-state index is 14.2. The molecule has 15 heteroatoms. The Hall–Kier alpha value is -2.94. The number of ether oxygens (including phenoxy) is 3. The predicted octanol–water partition coefficient (Wildman–Crippen LogP) is 5.61. The zero-order valence-electron chi connectivity index (χ0n) is 23.7. The van der Waals surface area contributed by atoms with Crippen molar-refractivity contribution in [3.8, 4) is 0 Å². The number of nitrogens with zero attached hydrogens (tertiary/aromatic N) is 1. The van der Waals surface area contributed by atoms with Crippen molar-refractivity contribution >= 4 is 64.5 Å². The standard InChI is InChI=1S/C25H28ClF2N3O7S2.C2H6/c1-3-36-24(35)38-14-25(27,28)13-37-23(34)16(12-29-22(33)19-9-10-20(26)39-19)30-40-18-7-4-6-17(15(18)2)31-11-5-8-21(31)32;1-2/h4,6-7,9-10,16,30H,3,5,8,11-14H2,1-2H3,(H,29,33);1-2H3/t16-;/m0./s1. The van der Waals surface area contributed by atoms with Crippen molar-refractivity contribution in [3.05, 3.63) is 45.1 Å². The van der Waals surface area contributed by atoms with Gasteiger partial charge in [-0.2, -0.15) is 8.78 Å². The van der Waals surface area contributed by atoms with Gasteiger partial charge in [-0.15, -0.1) is 11.3 Å². The van der Waals surface area contributed by atoms with E-state index in [-0.39, 0.29) is 19.1 Å². The minimum atomic E-state index is -3.68. The zero-order valence-corrected chi connectivity index (χ0v) is 26.1. The molecular weight excluding hydrogens is 616 g/mol. The van der Waals surface area contributed by atoms with E-state index < -0.39 is 43.2 Å². The molecule has 2 heterocycles. The van der Waals surface area contributed by atoms with Crippen molar-refractivity contribution in [2.75, 3.05) is 37.8 Å². The topological polar surface area (TPSA) is 123 Å². The largest absolute Gasteiger partial charge is 0.508 e. The number of anilines is 1. The Morgan fingerprint density at radius 3 is 2.48 bits per heavy atom. The summed E-state index contributed by atoms with van der Waals surface area (Å²) in [5.41, 5.74) is 1.51. The molecule has 0 bridgehead atoms. The number of esters is 1. The van der Waals surface area contributed by atoms with Gasteiger partial charge in [-0.05, 0) is 62.0 Å². The molecule has 1 fully saturated rings. The average Bonchev–Trinajstić information content (AvgIpc) is 3.60. The quantitative estimate of drug-likeness (QED) is 0.211. The normalized spacial score (nSPS) is 13.6. The first-order valence-electron chi connectivity index (χ1n) is 13.2. The Bertz CT molecular complexity index is 1230. The molecule has 0 aliphatic carbocycles. The molecule has 42 heavy (non-hydrogen) atoms. The molecule has 2 N–H and O–H groups in total. The zero-order chi connectivity index (χ0) is 31.3. The molecule has 3 rings (SSSR count). The van der Waals surface area contributed by atoms with E-state index in [4.69, 9.17) is 16.3 Å². The molecule has 0 unspecified atom stereocenters. The third-order valence-electron chi connectivity index (χ3n) is 5.57. The fourth-order valence-corrected chi connectivity index (χ4v) is 5.39. The monoisotopic (exact) mass is 649 g/mol. The molecule has 0 saturated carbocycles. The van der Waals surface area contributed by atoms with Gasteiger partial charge in [0.2, 0.25) is 5.91 Å². The van der Waals surface area contributed by atoms with E-state index in [1.54, 1.807) is 23.1 Å². The van der Waals surface area contributed by atoms with Crippen LogP contribution in [0.25, 0.3) is 0 Å². The molecule has 0 radical (unpaired) electrons. The number of nitrogens with one attached hydrogen (secondary N) is 2. The maximum absolute atomic E-state index is 14.2. The number of halogens is 3. The minimum absolute atomic E-state index is 0.0175. The van der Waals surface area contributed by atoms with E-state index >= 15 is 0 Å². The summed E-state index contributed by atoms with van der Waals surface area (Å²) in [6.07, 6.45) is -0.0471. The van der Waals surface area contributed by atoms with Crippen LogP contribution in [0.1, 0.15) is 48.8 Å². The SMILES string of the molecule is CC.CCOC(=O)OCC(F)(F)COC(=O)[C@H](CNC(=O)c1ccc(Cl)s1)NSc1cccc(N2CCCC2=O)c1C. The molecule has 2 aromatic rings. The van der Waals surface area contributed by atoms with E-state index in [1.165, 1.54) is 13.0 Å². The fraction of sp³-hybridized carbons (Fsp3) is 0.481. The summed E-state index contributed by atoms with van der Waals surface area (Å²) in [6, 6.07) is 7.16. The highest BCUT2D eigenvalue weighted by Crippen LogP contribution is 2.31. The number of carbonyl (C=O) groups is 4. The minimum Gasteiger partial charge on any atom is -0.458 e. The van der Waals surface area contributed by atoms with Gasteiger partial charge in [-0.1, -0.05) is 31.5 Å². The Balaban J connectivity index is 0.00000301. The molecule has 1 atom stereocenters. The van der Waals surface area contributed by atoms with Crippen LogP contribution in [0.4, 0.5) is 19.3 Å². The van der Waals surface area contributed by atoms with Gasteiger partial charge >= 0.3 is 18.0 Å². The van der Waals surface area contributed by atoms with Crippen LogP contribution < -0.4 is 14.9 Å². The maximum Gasteiger partial charge on any atom is 0.508 e. The molecule has 1 aliphatic heterocycles. The van der Waals surface area contributed by atoms with Gasteiger partial charge in [0.05, 0.1) is 15.8 Å². The van der Waals surface area contributed by atoms with E-state index in [9.17, 15) is 28.0 Å². The highest BCUT2D eigenvalue weighted by atomic mass is 35.5. The van der Waals surface area contributed by atoms with Gasteiger partial charge in [-0.3, -0.25) is 14.4 Å². The molecule has 232 valence electrons. The second-order valence-corrected chi connectivity index (χ2v) is 11.2. The summed E-state index contributed by atoms with van der Waals surface area (Å²) in [5, 5.41) is 2.57. The predicted molar refractivity (Wildman–Crippen MR) is 157 cm³/mol. The number of alkyl halides is 2. The summed E-state index contributed by atoms with van der Waals surface area (Å²) in [7, 11) is 0. The first-order valence-corrected chi connectivity index (χ1v) is 15.2. The van der Waals surface area contributed by atoms with Crippen molar-refractivity contribution in [1.82, 2.24) is 10.0 Å². The fourth-order valence-electron chi connectivity index (χ4n) is 3.58. The third kappa shape index (κ3) is 10.7. The lowest BCUT2D eigenvalue weighted by molar-refractivity contribution is -0.162. The smallest absolute Gasteiger partial charge is 0.458 e. The third-order valence-corrected chi connectivity index (χ3v) is 7.86. The Labute approximate surface area is 256 Å². The van der Waals surface area contributed by atoms with Gasteiger partial charge in [-0.25, -0.2) is 9.52 Å². The number of hydrogen-bond donors (Lipinski definition) is 2. The van der Waals surface area contributed by atoms with E-state index in [2.05, 4.69) is 19.5 Å². The molecule has 1 saturated heterocycles. The average molecular weight is 650 g/mol. The Morgan fingerprint density at radius 2 is 1.86 bits per heavy atom. The summed E-state index contributed by atoms with van der Waals surface area (Å²) in [4.78, 5) is 51.4. The van der Waals surface area contributed by atoms with Crippen molar-refractivity contribution in [2.24, 2.45) is 0 Å². The lowest BCUT2D eigenvalue weighted by Gasteiger charge is -2.22. The van der Waals surface area contributed by atoms with E-state index in [0.717, 1.165) is 41.0 Å². The summed E-state index contributed by atoms with van der Waals surface area (Å²) < 4.78 is 45.2. The van der Waals surface area contributed by atoms with Crippen LogP contribution in [0, 0.1) is 6.92 Å². The number of thiophene rings is 1. The summed E-state index contributed by atoms with van der Waals surface area (Å²) in [6.45, 7) is 4.85. The number of carbonyl (C=O) groups excluding carboxylic acids is 4. The van der Waals surface area contributed by atoms with Gasteiger partial charge in [0.15, 0.2) is 13.2 Å². The van der Waals surface area contributed by atoms with Crippen LogP contribution in [0.5, 0.6) is 0 Å². The van der Waals surface area contributed by atoms with Crippen LogP contribution in [0.2, 0.25) is 4.34 Å². The van der Waals surface area contributed by atoms with Crippen molar-refractivity contribution < 1.29 is 42.2 Å². The van der Waals surface area contributed by atoms with E-state index in [0.29, 0.717) is 27.1 Å². The summed E-state index contributed by atoms with van der Waals surface area (Å²) in [5.74, 6) is -5.25. The molecule has 1 aliphatic rings. The lowest BCUT2D eigenvalue weighted by Crippen LogP contribution is -2.45. The second-order valence-electron chi connectivity index (χ2n) is 8.57. The highest BCUT2D eigenvalue weighted by molar-refractivity contribution is 7.97. The number of benzene rings is 1. The summed E-state index contributed by atoms with van der Waals surface area (Å²) >= 11 is 7.95. The van der Waals surface area contributed by atoms with Crippen molar-refractivity contribution in [3.63, 3.8) is 0 Å². The highest BCUT2D eigenvalue weighted by Gasteiger charge is 2.35. The van der Waals surface area contributed by atoms with Crippen LogP contribution >= 0.6 is 34.9 Å². The lowest BCUT2D eigenvalue weighted by atomic mass is 10.2. The molecular formula is C27H34ClF2N3O7S2. The Morgan fingerprint density at radius 1 is 1.14 bits per heavy atom. The number of hydrogen-bond acceptors (Lipinski definition) is 10. The van der Waals surface area contributed by atoms with Gasteiger partial charge in [0.1, 0.15) is 6.04 Å². The van der Waals surface area contributed by atoms with Crippen LogP contribution in [-0.4, -0.2) is 68.8 Å². The molecule has 10 nitrogen and oxygen atoms in total. The van der Waals surface area contributed by atoms with Gasteiger partial charge in [0, 0.05) is 30.1 Å². The molecule has 2 amide bonds. The van der Waals surface area contributed by atoms with Crippen molar-refractivity contribution in [1.29, 1.82) is 0 Å². The molecule has 1 aromatic heterocycles. The van der Waals surface area contributed by atoms with Crippen LogP contribution in [-0.2, 0) is 23.8 Å². The molecule has 0 spiro atoms. The van der Waals surface area contributed by atoms with Gasteiger partial charge in [0.25, 0.3) is 5.91 Å². The number of rotatable bonds is 13. The van der Waals surface area contributed by atoms with Crippen LogP contribution in [0.15, 0.2) is 35.2 Å². The van der Waals surface area contributed by atoms with Gasteiger partial charge < -0.3 is 24.4 Å². The Kier molecular flexibility index (Phi) is 14.5. The van der Waals surface area contributed by atoms with Crippen molar-refractivity contribution in [2.45, 2.75) is 57.4 Å².